The number of oxazole rings is 1. The molecule has 1 N–H and O–H groups in total. The lowest BCUT2D eigenvalue weighted by Crippen LogP contribution is -2.44. The first-order valence-corrected chi connectivity index (χ1v) is 33.5. The van der Waals surface area contributed by atoms with Crippen molar-refractivity contribution in [1.82, 2.24) is 19.7 Å². The van der Waals surface area contributed by atoms with Crippen molar-refractivity contribution in [2.45, 2.75) is 159 Å². The van der Waals surface area contributed by atoms with Crippen molar-refractivity contribution >= 4 is 39.6 Å². The number of fused-ring (bicyclic) bond motifs is 3. The summed E-state index contributed by atoms with van der Waals surface area (Å²) in [5.74, 6) is 7.03. The van der Waals surface area contributed by atoms with Gasteiger partial charge in [-0.2, -0.15) is 0 Å². The number of anilines is 3. The first-order valence-electron chi connectivity index (χ1n) is 33.5. The molecule has 7 heterocycles. The lowest BCUT2D eigenvalue weighted by Gasteiger charge is -2.34. The number of aromatic nitrogens is 1. The smallest absolute Gasteiger partial charge is 0.196 e. The molecule has 6 aliphatic heterocycles. The molecule has 3 fully saturated rings. The molecule has 3 saturated heterocycles. The number of benzene rings is 3. The van der Waals surface area contributed by atoms with Crippen LogP contribution in [-0.4, -0.2) is 132 Å². The summed E-state index contributed by atoms with van der Waals surface area (Å²) in [6.45, 7) is 48.3. The van der Waals surface area contributed by atoms with E-state index in [2.05, 4.69) is 205 Å². The van der Waals surface area contributed by atoms with Gasteiger partial charge in [0.05, 0.1) is 5.69 Å². The second-order valence-electron chi connectivity index (χ2n) is 29.6. The van der Waals surface area contributed by atoms with E-state index in [0.29, 0.717) is 40.6 Å². The van der Waals surface area contributed by atoms with Gasteiger partial charge in [-0.15, -0.1) is 0 Å². The summed E-state index contributed by atoms with van der Waals surface area (Å²) < 4.78 is 28.5. The zero-order valence-corrected chi connectivity index (χ0v) is 58.2. The minimum atomic E-state index is -0.261. The number of rotatable bonds is 18. The molecule has 6 aliphatic rings. The summed E-state index contributed by atoms with van der Waals surface area (Å²) in [4.78, 5) is 28.5. The molecule has 13 heteroatoms. The second kappa shape index (κ2) is 32.8. The fraction of sp³-hybridized carbons (Fsp3) is 0.558. The van der Waals surface area contributed by atoms with E-state index in [1.165, 1.54) is 64.9 Å². The monoisotopic (exact) mass is 1230 g/mol. The summed E-state index contributed by atoms with van der Waals surface area (Å²) >= 11 is 0. The molecule has 3 aromatic carbocycles. The van der Waals surface area contributed by atoms with Gasteiger partial charge in [0, 0.05) is 154 Å². The van der Waals surface area contributed by atoms with Gasteiger partial charge in [0.2, 0.25) is 0 Å². The summed E-state index contributed by atoms with van der Waals surface area (Å²) in [5.41, 5.74) is 12.7. The molecule has 4 aromatic rings. The predicted molar refractivity (Wildman–Crippen MR) is 377 cm³/mol. The minimum absolute atomic E-state index is 0.261. The molecule has 13 nitrogen and oxygen atoms in total. The van der Waals surface area contributed by atoms with Gasteiger partial charge in [-0.25, -0.2) is 4.98 Å². The van der Waals surface area contributed by atoms with Crippen LogP contribution in [-0.2, 0) is 9.53 Å². The second-order valence-corrected chi connectivity index (χ2v) is 29.6. The number of piperazine rings is 2. The molecular formula is C77H113N7O6. The first-order chi connectivity index (χ1) is 42.6. The molecule has 0 saturated carbocycles. The molecule has 0 radical (unpaired) electrons. The Morgan fingerprint density at radius 3 is 1.47 bits per heavy atom. The number of Topliss-reactive ketones (excluding diaryl/α,β-unsaturated/α-hetero) is 1. The number of hydrogen-bond donors (Lipinski definition) is 1. The number of nitrogens with one attached hydrogen (secondary N) is 1. The Balaban J connectivity index is 0.000000174. The third kappa shape index (κ3) is 22.5. The summed E-state index contributed by atoms with van der Waals surface area (Å²) in [6, 6.07) is 19.6. The standard InChI is InChI=1S/C23H32N2O2.C22H32N2O.C21H32N2O.C11H17NO2/c1-17-15-18(7-6-8-22(26)23(2,3)4)20-10-9-19(16-21(20)27-17)25-13-11-24(5)12-14-25;1-17-15-18(7-6-10-22(2,3)4)20-9-8-19(16-21(20)25-17)24-13-11-23(5)12-14-24;1-16-14-17(8-7-11-21(2,3)4)19-10-9-18(15-20(19)24-16)22-12-13-23(5)6;1-8(2)11-12-10(7-14-11)9-3-5-13-6-4-9/h9-10,15-16H,1,6-8,11-14H2,2-5H3;8-9,15-16H,1,6-7,10-14H2,2-5H3;9-10,14-15,22H,1,7-8,11-13H2,2-6H3;7-9H,3-6H2,1-2H3. The molecule has 0 aliphatic carbocycles. The number of likely N-dealkylation sites (N-methyl/N-ethyl adjacent to an activating group) is 3. The van der Waals surface area contributed by atoms with Crippen molar-refractivity contribution in [1.29, 1.82) is 0 Å². The van der Waals surface area contributed by atoms with E-state index >= 15 is 0 Å². The lowest BCUT2D eigenvalue weighted by molar-refractivity contribution is -0.126. The average Bonchev–Trinajstić information content (AvgIpc) is 1.74. The molecule has 0 spiro atoms. The van der Waals surface area contributed by atoms with Crippen LogP contribution < -0.4 is 29.3 Å². The SMILES string of the molecule is C=C1C=C(CCCC(=O)C(C)(C)C)c2ccc(N3CCN(C)CC3)cc2O1.C=C1C=C(CCCC(C)(C)C)c2ccc(N3CCN(C)CC3)cc2O1.C=C1C=C(CCCC(C)(C)C)c2ccc(NCCN(C)C)cc2O1.CC(C)c1nc(C2CCOCC2)co1. The van der Waals surface area contributed by atoms with Gasteiger partial charge in [0.1, 0.15) is 46.6 Å². The van der Waals surface area contributed by atoms with E-state index < -0.39 is 0 Å². The molecule has 90 heavy (non-hydrogen) atoms. The Hall–Kier alpha value is -6.38. The van der Waals surface area contributed by atoms with Crippen molar-refractivity contribution in [2.75, 3.05) is 122 Å². The van der Waals surface area contributed by atoms with Crippen LogP contribution in [0.3, 0.4) is 0 Å². The molecule has 10 rings (SSSR count). The minimum Gasteiger partial charge on any atom is -0.457 e. The van der Waals surface area contributed by atoms with Crippen molar-refractivity contribution in [3.63, 3.8) is 0 Å². The number of hydrogen-bond acceptors (Lipinski definition) is 13. The van der Waals surface area contributed by atoms with E-state index in [1.807, 2.05) is 33.1 Å². The Morgan fingerprint density at radius 1 is 0.622 bits per heavy atom. The van der Waals surface area contributed by atoms with E-state index in [-0.39, 0.29) is 5.41 Å². The maximum absolute atomic E-state index is 12.2. The van der Waals surface area contributed by atoms with Crippen LogP contribution in [0.2, 0.25) is 0 Å². The highest BCUT2D eigenvalue weighted by Gasteiger charge is 2.26. The van der Waals surface area contributed by atoms with Crippen LogP contribution in [0.15, 0.2) is 121 Å². The van der Waals surface area contributed by atoms with Crippen LogP contribution in [0.1, 0.15) is 187 Å². The first kappa shape index (κ1) is 71.1. The topological polar surface area (TPSA) is 108 Å². The zero-order valence-electron chi connectivity index (χ0n) is 58.2. The normalized spacial score (nSPS) is 17.3. The number of ether oxygens (including phenoxy) is 4. The largest absolute Gasteiger partial charge is 0.457 e. The molecule has 0 amide bonds. The third-order valence-electron chi connectivity index (χ3n) is 17.4. The van der Waals surface area contributed by atoms with Crippen LogP contribution in [0.5, 0.6) is 17.2 Å². The van der Waals surface area contributed by atoms with Gasteiger partial charge in [0.25, 0.3) is 0 Å². The van der Waals surface area contributed by atoms with Gasteiger partial charge >= 0.3 is 0 Å². The van der Waals surface area contributed by atoms with Crippen molar-refractivity contribution < 1.29 is 28.2 Å². The highest BCUT2D eigenvalue weighted by atomic mass is 16.5. The van der Waals surface area contributed by atoms with Crippen LogP contribution >= 0.6 is 0 Å². The van der Waals surface area contributed by atoms with Gasteiger partial charge in [-0.1, -0.05) is 95.9 Å². The van der Waals surface area contributed by atoms with Gasteiger partial charge in [0.15, 0.2) is 5.89 Å². The zero-order chi connectivity index (χ0) is 65.3. The predicted octanol–water partition coefficient (Wildman–Crippen LogP) is 17.3. The maximum atomic E-state index is 12.2. The number of carbonyl (C=O) groups excluding carboxylic acids is 1. The lowest BCUT2D eigenvalue weighted by atomic mass is 9.87. The maximum Gasteiger partial charge on any atom is 0.196 e. The van der Waals surface area contributed by atoms with Gasteiger partial charge < -0.3 is 53.2 Å². The van der Waals surface area contributed by atoms with Crippen molar-refractivity contribution in [3.05, 3.63) is 144 Å². The van der Waals surface area contributed by atoms with E-state index in [1.54, 1.807) is 0 Å². The van der Waals surface area contributed by atoms with Crippen LogP contribution in [0, 0.1) is 16.2 Å². The highest BCUT2D eigenvalue weighted by molar-refractivity contribution is 5.84. The van der Waals surface area contributed by atoms with Crippen LogP contribution in [0.25, 0.3) is 16.7 Å². The summed E-state index contributed by atoms with van der Waals surface area (Å²) in [5, 5.41) is 3.45. The molecule has 0 unspecified atom stereocenters. The molecule has 0 atom stereocenters. The highest BCUT2D eigenvalue weighted by Crippen LogP contribution is 2.42. The van der Waals surface area contributed by atoms with Gasteiger partial charge in [-0.05, 0) is 175 Å². The van der Waals surface area contributed by atoms with E-state index in [4.69, 9.17) is 23.4 Å². The fourth-order valence-electron chi connectivity index (χ4n) is 11.8. The fourth-order valence-corrected chi connectivity index (χ4v) is 11.8. The van der Waals surface area contributed by atoms with E-state index in [9.17, 15) is 4.79 Å². The summed E-state index contributed by atoms with van der Waals surface area (Å²) in [7, 11) is 8.51. The quantitative estimate of drug-likeness (QED) is 0.102. The Kier molecular flexibility index (Phi) is 25.9. The summed E-state index contributed by atoms with van der Waals surface area (Å²) in [6.07, 6.45) is 19.5. The number of ketones is 1. The average molecular weight is 1230 g/mol. The molecule has 0 bridgehead atoms. The number of allylic oxidation sites excluding steroid dienone is 6. The van der Waals surface area contributed by atoms with E-state index in [0.717, 1.165) is 169 Å². The van der Waals surface area contributed by atoms with Crippen molar-refractivity contribution in [3.8, 4) is 17.2 Å². The molecule has 492 valence electrons. The Bertz CT molecular complexity index is 3120. The van der Waals surface area contributed by atoms with Gasteiger partial charge in [-0.3, -0.25) is 4.79 Å². The number of carbonyl (C=O) groups is 1. The molecule has 1 aromatic heterocycles. The Morgan fingerprint density at radius 2 is 1.06 bits per heavy atom. The van der Waals surface area contributed by atoms with Crippen molar-refractivity contribution in [2.24, 2.45) is 16.2 Å². The van der Waals surface area contributed by atoms with Crippen LogP contribution in [0.4, 0.5) is 17.1 Å². The number of nitrogens with zero attached hydrogens (tertiary/aromatic N) is 6. The third-order valence-corrected chi connectivity index (χ3v) is 17.4. The molecular weight excluding hydrogens is 1120 g/mol. The Labute approximate surface area is 543 Å².